The summed E-state index contributed by atoms with van der Waals surface area (Å²) < 4.78 is 0. The summed E-state index contributed by atoms with van der Waals surface area (Å²) in [5, 5.41) is 6.47. The van der Waals surface area contributed by atoms with Gasteiger partial charge in [-0.2, -0.15) is 0 Å². The second-order valence-corrected chi connectivity index (χ2v) is 6.07. The van der Waals surface area contributed by atoms with Crippen molar-refractivity contribution in [3.8, 4) is 0 Å². The van der Waals surface area contributed by atoms with Gasteiger partial charge >= 0.3 is 0 Å². The van der Waals surface area contributed by atoms with Crippen molar-refractivity contribution in [2.75, 3.05) is 13.1 Å². The maximum atomic E-state index is 12.4. The summed E-state index contributed by atoms with van der Waals surface area (Å²) in [5.74, 6) is 0.950. The van der Waals surface area contributed by atoms with Gasteiger partial charge in [0.05, 0.1) is 0 Å². The van der Waals surface area contributed by atoms with Gasteiger partial charge in [-0.25, -0.2) is 0 Å². The van der Waals surface area contributed by atoms with E-state index in [1.54, 1.807) is 0 Å². The first kappa shape index (κ1) is 13.6. The van der Waals surface area contributed by atoms with Gasteiger partial charge < -0.3 is 10.6 Å². The fraction of sp³-hybridized carbons (Fsp3) is 0.588. The minimum atomic E-state index is 0.113. The monoisotopic (exact) mass is 272 g/mol. The van der Waals surface area contributed by atoms with Crippen LogP contribution in [0.1, 0.15) is 53.6 Å². The quantitative estimate of drug-likeness (QED) is 0.884. The van der Waals surface area contributed by atoms with Crippen LogP contribution in [0.3, 0.4) is 0 Å². The molecule has 0 saturated heterocycles. The molecule has 1 amide bonds. The smallest absolute Gasteiger partial charge is 0.251 e. The summed E-state index contributed by atoms with van der Waals surface area (Å²) >= 11 is 0. The van der Waals surface area contributed by atoms with E-state index in [4.69, 9.17) is 0 Å². The highest BCUT2D eigenvalue weighted by molar-refractivity contribution is 5.96. The largest absolute Gasteiger partial charge is 0.352 e. The molecule has 3 nitrogen and oxygen atoms in total. The van der Waals surface area contributed by atoms with Crippen molar-refractivity contribution in [1.82, 2.24) is 10.6 Å². The van der Waals surface area contributed by atoms with Gasteiger partial charge in [-0.1, -0.05) is 37.8 Å². The Morgan fingerprint density at radius 2 is 2.15 bits per heavy atom. The molecule has 0 aromatic heterocycles. The summed E-state index contributed by atoms with van der Waals surface area (Å²) in [6.45, 7) is 2.68. The van der Waals surface area contributed by atoms with Crippen molar-refractivity contribution < 1.29 is 4.79 Å². The third-order valence-electron chi connectivity index (χ3n) is 4.70. The molecule has 3 heteroatoms. The summed E-state index contributed by atoms with van der Waals surface area (Å²) in [7, 11) is 0. The Morgan fingerprint density at radius 1 is 1.30 bits per heavy atom. The van der Waals surface area contributed by atoms with Gasteiger partial charge in [0, 0.05) is 18.7 Å². The molecule has 108 valence electrons. The number of hydrogen-bond donors (Lipinski definition) is 2. The number of carbonyl (C=O) groups is 1. The molecule has 0 unspecified atom stereocenters. The van der Waals surface area contributed by atoms with Crippen LogP contribution < -0.4 is 10.6 Å². The molecule has 3 rings (SSSR count). The van der Waals surface area contributed by atoms with E-state index in [1.165, 1.54) is 36.8 Å². The van der Waals surface area contributed by atoms with Crippen molar-refractivity contribution in [1.29, 1.82) is 0 Å². The standard InChI is InChI=1S/C17H24N2O/c20-17(19-11-8-13-4-1-2-5-13)16-7-3-6-14-12-18-10-9-15(14)16/h3,6-7,13,18H,1-2,4-5,8-12H2,(H,19,20). The lowest BCUT2D eigenvalue weighted by molar-refractivity contribution is 0.0950. The van der Waals surface area contributed by atoms with Gasteiger partial charge in [0.2, 0.25) is 0 Å². The Kier molecular flexibility index (Phi) is 4.36. The maximum Gasteiger partial charge on any atom is 0.251 e. The van der Waals surface area contributed by atoms with Crippen LogP contribution in [0.2, 0.25) is 0 Å². The predicted molar refractivity (Wildman–Crippen MR) is 80.8 cm³/mol. The van der Waals surface area contributed by atoms with E-state index in [1.807, 2.05) is 12.1 Å². The zero-order valence-corrected chi connectivity index (χ0v) is 12.1. The van der Waals surface area contributed by atoms with E-state index in [0.29, 0.717) is 0 Å². The van der Waals surface area contributed by atoms with E-state index in [-0.39, 0.29) is 5.91 Å². The highest BCUT2D eigenvalue weighted by Crippen LogP contribution is 2.27. The number of nitrogens with one attached hydrogen (secondary N) is 2. The molecule has 1 aromatic rings. The Morgan fingerprint density at radius 3 is 3.00 bits per heavy atom. The molecule has 1 aliphatic carbocycles. The van der Waals surface area contributed by atoms with E-state index < -0.39 is 0 Å². The first-order valence-corrected chi connectivity index (χ1v) is 7.94. The van der Waals surface area contributed by atoms with Gasteiger partial charge in [0.15, 0.2) is 0 Å². The average molecular weight is 272 g/mol. The Hall–Kier alpha value is -1.35. The van der Waals surface area contributed by atoms with E-state index in [9.17, 15) is 4.79 Å². The molecule has 1 aromatic carbocycles. The van der Waals surface area contributed by atoms with Gasteiger partial charge in [0.25, 0.3) is 5.91 Å². The average Bonchev–Trinajstić information content (AvgIpc) is 3.00. The number of hydrogen-bond acceptors (Lipinski definition) is 2. The molecule has 0 spiro atoms. The Labute approximate surface area is 121 Å². The summed E-state index contributed by atoms with van der Waals surface area (Å²) in [5.41, 5.74) is 3.40. The molecule has 20 heavy (non-hydrogen) atoms. The number of benzene rings is 1. The van der Waals surface area contributed by atoms with Crippen LogP contribution in [0.5, 0.6) is 0 Å². The summed E-state index contributed by atoms with van der Waals surface area (Å²) in [6, 6.07) is 6.09. The van der Waals surface area contributed by atoms with E-state index in [2.05, 4.69) is 16.7 Å². The Balaban J connectivity index is 1.59. The molecule has 0 radical (unpaired) electrons. The van der Waals surface area contributed by atoms with Crippen molar-refractivity contribution in [2.45, 2.75) is 45.1 Å². The van der Waals surface area contributed by atoms with Gasteiger partial charge in [-0.3, -0.25) is 4.79 Å². The lowest BCUT2D eigenvalue weighted by atomic mass is 9.95. The third kappa shape index (κ3) is 3.04. The molecule has 1 saturated carbocycles. The highest BCUT2D eigenvalue weighted by atomic mass is 16.1. The second kappa shape index (κ2) is 6.40. The summed E-state index contributed by atoms with van der Waals surface area (Å²) in [6.07, 6.45) is 7.55. The molecule has 2 N–H and O–H groups in total. The third-order valence-corrected chi connectivity index (χ3v) is 4.70. The van der Waals surface area contributed by atoms with Crippen LogP contribution in [0, 0.1) is 5.92 Å². The van der Waals surface area contributed by atoms with E-state index in [0.717, 1.165) is 44.0 Å². The molecule has 1 fully saturated rings. The fourth-order valence-corrected chi connectivity index (χ4v) is 3.53. The second-order valence-electron chi connectivity index (χ2n) is 6.07. The topological polar surface area (TPSA) is 41.1 Å². The zero-order chi connectivity index (χ0) is 13.8. The molecule has 1 heterocycles. The number of carbonyl (C=O) groups excluding carboxylic acids is 1. The first-order valence-electron chi connectivity index (χ1n) is 7.94. The van der Waals surface area contributed by atoms with Gasteiger partial charge in [-0.15, -0.1) is 0 Å². The van der Waals surface area contributed by atoms with Crippen molar-refractivity contribution in [2.24, 2.45) is 5.92 Å². The van der Waals surface area contributed by atoms with Crippen LogP contribution >= 0.6 is 0 Å². The molecular formula is C17H24N2O. The molecule has 0 atom stereocenters. The lowest BCUT2D eigenvalue weighted by Gasteiger charge is -2.20. The van der Waals surface area contributed by atoms with Gasteiger partial charge in [0.1, 0.15) is 0 Å². The van der Waals surface area contributed by atoms with Crippen LogP contribution in [0.4, 0.5) is 0 Å². The fourth-order valence-electron chi connectivity index (χ4n) is 3.53. The van der Waals surface area contributed by atoms with Crippen LogP contribution in [-0.2, 0) is 13.0 Å². The van der Waals surface area contributed by atoms with Crippen molar-refractivity contribution in [3.05, 3.63) is 34.9 Å². The maximum absolute atomic E-state index is 12.4. The van der Waals surface area contributed by atoms with Crippen LogP contribution in [0.15, 0.2) is 18.2 Å². The predicted octanol–water partition coefficient (Wildman–Crippen LogP) is 2.64. The number of fused-ring (bicyclic) bond motifs is 1. The minimum absolute atomic E-state index is 0.113. The molecular weight excluding hydrogens is 248 g/mol. The summed E-state index contributed by atoms with van der Waals surface area (Å²) in [4.78, 5) is 12.4. The zero-order valence-electron chi connectivity index (χ0n) is 12.1. The SMILES string of the molecule is O=C(NCCC1CCCC1)c1cccc2c1CCNC2. The molecule has 1 aliphatic heterocycles. The first-order chi connectivity index (χ1) is 9.84. The van der Waals surface area contributed by atoms with Gasteiger partial charge in [-0.05, 0) is 42.5 Å². The Bertz CT molecular complexity index is 478. The number of amides is 1. The minimum Gasteiger partial charge on any atom is -0.352 e. The molecule has 2 aliphatic rings. The van der Waals surface area contributed by atoms with Crippen LogP contribution in [0.25, 0.3) is 0 Å². The lowest BCUT2D eigenvalue weighted by Crippen LogP contribution is -2.30. The normalized spacial score (nSPS) is 18.8. The van der Waals surface area contributed by atoms with E-state index >= 15 is 0 Å². The molecule has 0 bridgehead atoms. The highest BCUT2D eigenvalue weighted by Gasteiger charge is 2.18. The van der Waals surface area contributed by atoms with Crippen molar-refractivity contribution >= 4 is 5.91 Å². The van der Waals surface area contributed by atoms with Crippen LogP contribution in [-0.4, -0.2) is 19.0 Å². The van der Waals surface area contributed by atoms with Crippen molar-refractivity contribution in [3.63, 3.8) is 0 Å². The number of rotatable bonds is 4.